The number of nitrogens with one attached hydrogen (secondary N) is 3. The SMILES string of the molecule is COc1cc(NC(=S)NC(=O)c2ccc(Cl)cc2)ccc1NC(=O)c1cccs1. The Labute approximate surface area is 181 Å². The van der Waals surface area contributed by atoms with Crippen LogP contribution in [0.3, 0.4) is 0 Å². The van der Waals surface area contributed by atoms with Gasteiger partial charge in [-0.1, -0.05) is 17.7 Å². The van der Waals surface area contributed by atoms with Crippen LogP contribution in [-0.4, -0.2) is 24.0 Å². The summed E-state index contributed by atoms with van der Waals surface area (Å²) in [6, 6.07) is 15.1. The molecule has 0 saturated heterocycles. The molecule has 2 amide bonds. The lowest BCUT2D eigenvalue weighted by atomic mass is 10.2. The standard InChI is InChI=1S/C20H16ClN3O3S2/c1-27-16-11-14(8-9-15(16)23-19(26)17-3-2-10-29-17)22-20(28)24-18(25)12-4-6-13(21)7-5-12/h2-11H,1H3,(H,23,26)(H2,22,24,25,28). The van der Waals surface area contributed by atoms with Gasteiger partial charge in [0.15, 0.2) is 5.11 Å². The largest absolute Gasteiger partial charge is 0.494 e. The van der Waals surface area contributed by atoms with Crippen molar-refractivity contribution in [1.82, 2.24) is 5.32 Å². The van der Waals surface area contributed by atoms with Gasteiger partial charge < -0.3 is 15.4 Å². The number of thiophene rings is 1. The fourth-order valence-corrected chi connectivity index (χ4v) is 3.36. The topological polar surface area (TPSA) is 79.5 Å². The number of benzene rings is 2. The Balaban J connectivity index is 1.64. The lowest BCUT2D eigenvalue weighted by Gasteiger charge is -2.14. The molecule has 0 aliphatic heterocycles. The maximum absolute atomic E-state index is 12.2. The van der Waals surface area contributed by atoms with Gasteiger partial charge in [0.25, 0.3) is 11.8 Å². The second-order valence-electron chi connectivity index (χ2n) is 5.76. The van der Waals surface area contributed by atoms with Gasteiger partial charge in [-0.3, -0.25) is 14.9 Å². The monoisotopic (exact) mass is 445 g/mol. The minimum Gasteiger partial charge on any atom is -0.494 e. The Kier molecular flexibility index (Phi) is 6.82. The number of hydrogen-bond donors (Lipinski definition) is 3. The van der Waals surface area contributed by atoms with Crippen molar-refractivity contribution < 1.29 is 14.3 Å². The lowest BCUT2D eigenvalue weighted by molar-refractivity contribution is 0.0976. The van der Waals surface area contributed by atoms with Crippen molar-refractivity contribution in [3.63, 3.8) is 0 Å². The molecule has 1 aromatic heterocycles. The van der Waals surface area contributed by atoms with Crippen molar-refractivity contribution in [2.24, 2.45) is 0 Å². The second-order valence-corrected chi connectivity index (χ2v) is 7.55. The smallest absolute Gasteiger partial charge is 0.265 e. The average Bonchev–Trinajstić information content (AvgIpc) is 3.24. The summed E-state index contributed by atoms with van der Waals surface area (Å²) >= 11 is 12.4. The molecule has 2 aromatic carbocycles. The van der Waals surface area contributed by atoms with Gasteiger partial charge in [0.05, 0.1) is 17.7 Å². The predicted molar refractivity (Wildman–Crippen MR) is 120 cm³/mol. The number of thiocarbonyl (C=S) groups is 1. The Morgan fingerprint density at radius 2 is 1.79 bits per heavy atom. The van der Waals surface area contributed by atoms with E-state index < -0.39 is 0 Å². The number of methoxy groups -OCH3 is 1. The number of carbonyl (C=O) groups is 2. The summed E-state index contributed by atoms with van der Waals surface area (Å²) in [5, 5.41) is 10.8. The molecule has 0 aliphatic rings. The van der Waals surface area contributed by atoms with Crippen LogP contribution in [-0.2, 0) is 0 Å². The molecule has 0 spiro atoms. The Hall–Kier alpha value is -2.94. The first-order valence-electron chi connectivity index (χ1n) is 8.37. The normalized spacial score (nSPS) is 10.1. The highest BCUT2D eigenvalue weighted by Crippen LogP contribution is 2.28. The first-order valence-corrected chi connectivity index (χ1v) is 10.0. The van der Waals surface area contributed by atoms with Crippen LogP contribution in [0.1, 0.15) is 20.0 Å². The van der Waals surface area contributed by atoms with Crippen LogP contribution in [0.4, 0.5) is 11.4 Å². The van der Waals surface area contributed by atoms with E-state index in [1.807, 2.05) is 11.4 Å². The van der Waals surface area contributed by atoms with Crippen LogP contribution < -0.4 is 20.7 Å². The van der Waals surface area contributed by atoms with Crippen molar-refractivity contribution >= 4 is 63.5 Å². The number of anilines is 2. The third kappa shape index (κ3) is 5.54. The fraction of sp³-hybridized carbons (Fsp3) is 0.0500. The van der Waals surface area contributed by atoms with Crippen molar-refractivity contribution in [1.29, 1.82) is 0 Å². The molecule has 0 aliphatic carbocycles. The second kappa shape index (κ2) is 9.51. The summed E-state index contributed by atoms with van der Waals surface area (Å²) < 4.78 is 5.35. The Morgan fingerprint density at radius 1 is 1.03 bits per heavy atom. The highest BCUT2D eigenvalue weighted by atomic mass is 35.5. The molecular weight excluding hydrogens is 430 g/mol. The van der Waals surface area contributed by atoms with Crippen LogP contribution in [0.25, 0.3) is 0 Å². The summed E-state index contributed by atoms with van der Waals surface area (Å²) in [5.41, 5.74) is 1.55. The van der Waals surface area contributed by atoms with Crippen LogP contribution in [0.2, 0.25) is 5.02 Å². The van der Waals surface area contributed by atoms with Gasteiger partial charge in [0.1, 0.15) is 5.75 Å². The molecule has 1 heterocycles. The highest BCUT2D eigenvalue weighted by molar-refractivity contribution is 7.80. The van der Waals surface area contributed by atoms with E-state index >= 15 is 0 Å². The average molecular weight is 446 g/mol. The molecule has 0 saturated carbocycles. The molecule has 3 rings (SSSR count). The molecular formula is C20H16ClN3O3S2. The predicted octanol–water partition coefficient (Wildman–Crippen LogP) is 4.79. The van der Waals surface area contributed by atoms with Crippen molar-refractivity contribution in [2.75, 3.05) is 17.7 Å². The fourth-order valence-electron chi connectivity index (χ4n) is 2.40. The number of halogens is 1. The van der Waals surface area contributed by atoms with Gasteiger partial charge in [0, 0.05) is 22.3 Å². The van der Waals surface area contributed by atoms with E-state index in [4.69, 9.17) is 28.6 Å². The molecule has 6 nitrogen and oxygen atoms in total. The van der Waals surface area contributed by atoms with E-state index in [2.05, 4.69) is 16.0 Å². The summed E-state index contributed by atoms with van der Waals surface area (Å²) in [6.07, 6.45) is 0. The van der Waals surface area contributed by atoms with Crippen molar-refractivity contribution in [3.8, 4) is 5.75 Å². The minimum atomic E-state index is -0.356. The lowest BCUT2D eigenvalue weighted by Crippen LogP contribution is -2.34. The number of amides is 2. The van der Waals surface area contributed by atoms with E-state index in [1.165, 1.54) is 18.4 Å². The summed E-state index contributed by atoms with van der Waals surface area (Å²) in [6.45, 7) is 0. The van der Waals surface area contributed by atoms with E-state index in [0.29, 0.717) is 32.6 Å². The zero-order valence-corrected chi connectivity index (χ0v) is 17.6. The van der Waals surface area contributed by atoms with Gasteiger partial charge in [-0.15, -0.1) is 11.3 Å². The third-order valence-electron chi connectivity index (χ3n) is 3.79. The molecule has 3 N–H and O–H groups in total. The van der Waals surface area contributed by atoms with E-state index in [9.17, 15) is 9.59 Å². The Morgan fingerprint density at radius 3 is 2.45 bits per heavy atom. The number of rotatable bonds is 5. The van der Waals surface area contributed by atoms with E-state index in [-0.39, 0.29) is 16.9 Å². The highest BCUT2D eigenvalue weighted by Gasteiger charge is 2.12. The quantitative estimate of drug-likeness (QED) is 0.492. The zero-order valence-electron chi connectivity index (χ0n) is 15.2. The van der Waals surface area contributed by atoms with Crippen molar-refractivity contribution in [3.05, 3.63) is 75.4 Å². The summed E-state index contributed by atoms with van der Waals surface area (Å²) in [4.78, 5) is 25.0. The molecule has 3 aromatic rings. The summed E-state index contributed by atoms with van der Waals surface area (Å²) in [7, 11) is 1.50. The first kappa shape index (κ1) is 20.8. The van der Waals surface area contributed by atoms with E-state index in [1.54, 1.807) is 48.5 Å². The molecule has 0 unspecified atom stereocenters. The molecule has 0 fully saturated rings. The van der Waals surface area contributed by atoms with Crippen LogP contribution in [0.15, 0.2) is 60.0 Å². The molecule has 29 heavy (non-hydrogen) atoms. The van der Waals surface area contributed by atoms with E-state index in [0.717, 1.165) is 0 Å². The number of hydrogen-bond acceptors (Lipinski definition) is 5. The molecule has 0 bridgehead atoms. The first-order chi connectivity index (χ1) is 14.0. The van der Waals surface area contributed by atoms with Gasteiger partial charge >= 0.3 is 0 Å². The van der Waals surface area contributed by atoms with Crippen molar-refractivity contribution in [2.45, 2.75) is 0 Å². The molecule has 0 radical (unpaired) electrons. The maximum atomic E-state index is 12.2. The van der Waals surface area contributed by atoms with Crippen LogP contribution in [0, 0.1) is 0 Å². The molecule has 0 atom stereocenters. The summed E-state index contributed by atoms with van der Waals surface area (Å²) in [5.74, 6) is -0.123. The zero-order chi connectivity index (χ0) is 20.8. The third-order valence-corrected chi connectivity index (χ3v) is 5.11. The maximum Gasteiger partial charge on any atom is 0.265 e. The van der Waals surface area contributed by atoms with Crippen LogP contribution in [0.5, 0.6) is 5.75 Å². The van der Waals surface area contributed by atoms with Gasteiger partial charge in [-0.05, 0) is 60.1 Å². The molecule has 148 valence electrons. The number of carbonyl (C=O) groups excluding carboxylic acids is 2. The number of ether oxygens (including phenoxy) is 1. The van der Waals surface area contributed by atoms with Gasteiger partial charge in [0.2, 0.25) is 0 Å². The van der Waals surface area contributed by atoms with Gasteiger partial charge in [-0.2, -0.15) is 0 Å². The molecule has 9 heteroatoms. The minimum absolute atomic E-state index is 0.127. The Bertz CT molecular complexity index is 1040. The van der Waals surface area contributed by atoms with Gasteiger partial charge in [-0.25, -0.2) is 0 Å². The van der Waals surface area contributed by atoms with Crippen LogP contribution >= 0.6 is 35.2 Å².